The minimum absolute atomic E-state index is 0.366. The molecule has 10 nitrogen and oxygen atoms in total. The molecular weight excluding hydrogens is 244 g/mol. The number of nitrogens with zero attached hydrogens (tertiary/aromatic N) is 2. The van der Waals surface area contributed by atoms with Gasteiger partial charge in [0, 0.05) is 0 Å². The summed E-state index contributed by atoms with van der Waals surface area (Å²) < 4.78 is 0. The van der Waals surface area contributed by atoms with Gasteiger partial charge in [0.15, 0.2) is 0 Å². The first-order valence-corrected chi connectivity index (χ1v) is 4.74. The van der Waals surface area contributed by atoms with Crippen LogP contribution < -0.4 is 11.5 Å². The summed E-state index contributed by atoms with van der Waals surface area (Å²) in [4.78, 5) is 21.2. The van der Waals surface area contributed by atoms with Gasteiger partial charge < -0.3 is 21.7 Å². The molecule has 10 heteroatoms. The van der Waals surface area contributed by atoms with Crippen molar-refractivity contribution in [2.45, 2.75) is 0 Å². The molecule has 0 aliphatic carbocycles. The predicted molar refractivity (Wildman–Crippen MR) is 60.7 cm³/mol. The van der Waals surface area contributed by atoms with Crippen molar-refractivity contribution in [3.05, 3.63) is 0 Å². The normalized spacial score (nSPS) is 14.0. The van der Waals surface area contributed by atoms with Crippen LogP contribution in [-0.2, 0) is 9.59 Å². The molecule has 0 aliphatic rings. The van der Waals surface area contributed by atoms with Gasteiger partial charge in [-0.3, -0.25) is 20.4 Å². The molecule has 0 aliphatic heterocycles. The average molecular weight is 258 g/mol. The highest BCUT2D eigenvalue weighted by Gasteiger charge is 2.22. The van der Waals surface area contributed by atoms with Crippen molar-refractivity contribution in [3.8, 4) is 0 Å². The fourth-order valence-electron chi connectivity index (χ4n) is 0.898. The average Bonchev–Trinajstić information content (AvgIpc) is 2.20. The number of hydrogen-bond donors (Lipinski definition) is 6. The van der Waals surface area contributed by atoms with E-state index in [1.165, 1.54) is 0 Å². The van der Waals surface area contributed by atoms with Gasteiger partial charge >= 0.3 is 11.9 Å². The zero-order chi connectivity index (χ0) is 14.3. The van der Waals surface area contributed by atoms with Gasteiger partial charge in [-0.15, -0.1) is 0 Å². The third kappa shape index (κ3) is 5.01. The molecule has 0 saturated carbocycles. The largest absolute Gasteiger partial charge is 0.481 e. The molecule has 0 spiro atoms. The van der Waals surface area contributed by atoms with Gasteiger partial charge in [0.25, 0.3) is 0 Å². The summed E-state index contributed by atoms with van der Waals surface area (Å²) in [5.41, 5.74) is 10.1. The number of aliphatic carboxylic acids is 2. The topological polar surface area (TPSA) is 199 Å². The summed E-state index contributed by atoms with van der Waals surface area (Å²) in [5.74, 6) is -6.36. The van der Waals surface area contributed by atoms with E-state index >= 15 is 0 Å². The maximum absolute atomic E-state index is 10.6. The van der Waals surface area contributed by atoms with Crippen LogP contribution in [0.5, 0.6) is 0 Å². The van der Waals surface area contributed by atoms with E-state index in [2.05, 4.69) is 10.2 Å². The molecule has 0 fully saturated rings. The van der Waals surface area contributed by atoms with Gasteiger partial charge in [-0.2, -0.15) is 10.2 Å². The van der Waals surface area contributed by atoms with Crippen LogP contribution in [-0.4, -0.2) is 46.9 Å². The van der Waals surface area contributed by atoms with Crippen molar-refractivity contribution in [2.75, 3.05) is 13.1 Å². The van der Waals surface area contributed by atoms with E-state index in [4.69, 9.17) is 32.5 Å². The van der Waals surface area contributed by atoms with Gasteiger partial charge in [0.2, 0.25) is 0 Å². The number of carbonyl (C=O) groups is 2. The van der Waals surface area contributed by atoms with Crippen LogP contribution in [0.25, 0.3) is 0 Å². The van der Waals surface area contributed by atoms with Crippen LogP contribution in [0.4, 0.5) is 0 Å². The number of hydrogen-bond acceptors (Lipinski definition) is 6. The molecule has 0 rings (SSSR count). The molecule has 0 amide bonds. The summed E-state index contributed by atoms with van der Waals surface area (Å²) in [5, 5.41) is 38.1. The number of amidine groups is 2. The second kappa shape index (κ2) is 6.93. The lowest BCUT2D eigenvalue weighted by Gasteiger charge is -2.07. The van der Waals surface area contributed by atoms with E-state index in [0.717, 1.165) is 0 Å². The maximum atomic E-state index is 10.6. The molecule has 0 aromatic carbocycles. The van der Waals surface area contributed by atoms with Crippen LogP contribution in [0, 0.1) is 22.7 Å². The lowest BCUT2D eigenvalue weighted by molar-refractivity contribution is -0.140. The van der Waals surface area contributed by atoms with E-state index in [0.29, 0.717) is 0 Å². The molecule has 8 N–H and O–H groups in total. The minimum Gasteiger partial charge on any atom is -0.481 e. The van der Waals surface area contributed by atoms with E-state index in [9.17, 15) is 9.59 Å². The number of nitrogens with two attached hydrogens (primary N) is 2. The fraction of sp³-hybridized carbons (Fsp3) is 0.500. The van der Waals surface area contributed by atoms with Crippen molar-refractivity contribution < 1.29 is 19.8 Å². The number of carboxylic acid groups (broad SMARTS) is 2. The van der Waals surface area contributed by atoms with Crippen molar-refractivity contribution in [2.24, 2.45) is 33.5 Å². The number of carboxylic acids is 2. The lowest BCUT2D eigenvalue weighted by Crippen LogP contribution is -2.32. The summed E-state index contributed by atoms with van der Waals surface area (Å²) in [6.07, 6.45) is 0. The van der Waals surface area contributed by atoms with E-state index in [-0.39, 0.29) is 13.1 Å². The van der Waals surface area contributed by atoms with Gasteiger partial charge in [0.05, 0.1) is 13.1 Å². The fourth-order valence-corrected chi connectivity index (χ4v) is 0.898. The number of nitrogens with one attached hydrogen (secondary N) is 2. The van der Waals surface area contributed by atoms with Crippen LogP contribution in [0.2, 0.25) is 0 Å². The Labute approximate surface area is 102 Å². The Bertz CT molecular complexity index is 329. The molecule has 2 unspecified atom stereocenters. The first-order chi connectivity index (χ1) is 8.27. The highest BCUT2D eigenvalue weighted by Crippen LogP contribution is 2.00. The van der Waals surface area contributed by atoms with Crippen LogP contribution in [0.1, 0.15) is 0 Å². The summed E-state index contributed by atoms with van der Waals surface area (Å²) in [6, 6.07) is 0. The minimum atomic E-state index is -1.32. The first-order valence-electron chi connectivity index (χ1n) is 4.74. The molecule has 18 heavy (non-hydrogen) atoms. The van der Waals surface area contributed by atoms with Crippen molar-refractivity contribution >= 4 is 23.6 Å². The smallest absolute Gasteiger partial charge is 0.316 e. The van der Waals surface area contributed by atoms with Gasteiger partial charge in [-0.25, -0.2) is 0 Å². The Hall–Kier alpha value is -2.52. The molecule has 0 aromatic rings. The van der Waals surface area contributed by atoms with E-state index in [1.807, 2.05) is 0 Å². The molecule has 0 radical (unpaired) electrons. The molecule has 100 valence electrons. The first kappa shape index (κ1) is 15.5. The summed E-state index contributed by atoms with van der Waals surface area (Å²) in [6.45, 7) is -0.732. The molecule has 0 bridgehead atoms. The zero-order valence-corrected chi connectivity index (χ0v) is 9.33. The second-order valence-corrected chi connectivity index (χ2v) is 3.34. The molecule has 0 saturated heterocycles. The Balaban J connectivity index is 4.41. The second-order valence-electron chi connectivity index (χ2n) is 3.34. The Morgan fingerprint density at radius 3 is 1.39 bits per heavy atom. The number of rotatable bonds is 8. The third-order valence-electron chi connectivity index (χ3n) is 1.98. The molecular formula is C8H14N6O4. The molecule has 0 aromatic heterocycles. The molecule has 2 atom stereocenters. The van der Waals surface area contributed by atoms with Crippen LogP contribution in [0.15, 0.2) is 10.2 Å². The van der Waals surface area contributed by atoms with Crippen molar-refractivity contribution in [1.29, 1.82) is 10.8 Å². The van der Waals surface area contributed by atoms with E-state index < -0.39 is 35.4 Å². The quantitative estimate of drug-likeness (QED) is 0.177. The summed E-state index contributed by atoms with van der Waals surface area (Å²) in [7, 11) is 0. The maximum Gasteiger partial charge on any atom is 0.316 e. The third-order valence-corrected chi connectivity index (χ3v) is 1.98. The predicted octanol–water partition coefficient (Wildman–Crippen LogP) is -1.29. The lowest BCUT2D eigenvalue weighted by atomic mass is 10.1. The van der Waals surface area contributed by atoms with Crippen molar-refractivity contribution in [3.63, 3.8) is 0 Å². The van der Waals surface area contributed by atoms with E-state index in [1.54, 1.807) is 0 Å². The SMILES string of the molecule is N=C(N)C(CN=NCC(C(=N)N)C(=O)O)C(=O)O. The van der Waals surface area contributed by atoms with Gasteiger partial charge in [-0.1, -0.05) is 0 Å². The van der Waals surface area contributed by atoms with Crippen LogP contribution >= 0.6 is 0 Å². The highest BCUT2D eigenvalue weighted by molar-refractivity contribution is 5.98. The summed E-state index contributed by atoms with van der Waals surface area (Å²) >= 11 is 0. The Kier molecular flexibility index (Phi) is 5.96. The highest BCUT2D eigenvalue weighted by atomic mass is 16.4. The molecule has 0 heterocycles. The van der Waals surface area contributed by atoms with Crippen molar-refractivity contribution in [1.82, 2.24) is 0 Å². The number of azo groups is 1. The Morgan fingerprint density at radius 1 is 0.944 bits per heavy atom. The van der Waals surface area contributed by atoms with Crippen LogP contribution in [0.3, 0.4) is 0 Å². The van der Waals surface area contributed by atoms with Gasteiger partial charge in [-0.05, 0) is 0 Å². The zero-order valence-electron chi connectivity index (χ0n) is 9.33. The van der Waals surface area contributed by atoms with Gasteiger partial charge in [0.1, 0.15) is 23.5 Å². The standard InChI is InChI=1S/C8H14N6O4/c9-5(10)3(7(15)16)1-13-14-2-4(6(11)12)8(17)18/h3-4H,1-2H2,(H3,9,10)(H3,11,12)(H,15,16)(H,17,18). The Morgan fingerprint density at radius 2 is 1.22 bits per heavy atom. The monoisotopic (exact) mass is 258 g/mol.